The van der Waals surface area contributed by atoms with E-state index in [-0.39, 0.29) is 6.61 Å². The molecule has 1 aliphatic carbocycles. The van der Waals surface area contributed by atoms with Gasteiger partial charge < -0.3 is 5.11 Å². The number of nitrogens with zero attached hydrogens (tertiary/aromatic N) is 3. The van der Waals surface area contributed by atoms with Gasteiger partial charge in [-0.25, -0.2) is 4.98 Å². The van der Waals surface area contributed by atoms with Gasteiger partial charge in [-0.3, -0.25) is 9.47 Å². The molecule has 96 valence electrons. The van der Waals surface area contributed by atoms with Crippen LogP contribution in [0, 0.1) is 0 Å². The molecule has 6 heteroatoms. The number of alkyl halides is 2. The average Bonchev–Trinajstić information content (AvgIpc) is 2.63. The fourth-order valence-electron chi connectivity index (χ4n) is 2.10. The SMILES string of the molecule is OCCN(Cc1nccn1C(F)F)C1CCC1. The third kappa shape index (κ3) is 2.81. The molecule has 1 heterocycles. The molecule has 0 saturated heterocycles. The first-order chi connectivity index (χ1) is 8.22. The van der Waals surface area contributed by atoms with Crippen LogP contribution < -0.4 is 0 Å². The fraction of sp³-hybridized carbons (Fsp3) is 0.727. The molecule has 1 aromatic heterocycles. The first-order valence-electron chi connectivity index (χ1n) is 5.87. The molecular weight excluding hydrogens is 228 g/mol. The number of rotatable bonds is 6. The molecule has 0 spiro atoms. The molecular formula is C11H17F2N3O. The topological polar surface area (TPSA) is 41.3 Å². The van der Waals surface area contributed by atoms with Gasteiger partial charge in [-0.15, -0.1) is 0 Å². The molecule has 1 aliphatic rings. The van der Waals surface area contributed by atoms with Crippen LogP contribution in [-0.4, -0.2) is 38.8 Å². The largest absolute Gasteiger partial charge is 0.395 e. The Morgan fingerprint density at radius 2 is 2.29 bits per heavy atom. The summed E-state index contributed by atoms with van der Waals surface area (Å²) in [6.07, 6.45) is 6.01. The Labute approximate surface area is 98.9 Å². The predicted molar refractivity (Wildman–Crippen MR) is 58.6 cm³/mol. The number of aromatic nitrogens is 2. The highest BCUT2D eigenvalue weighted by Gasteiger charge is 2.26. The van der Waals surface area contributed by atoms with Gasteiger partial charge in [0.15, 0.2) is 0 Å². The molecule has 1 N–H and O–H groups in total. The van der Waals surface area contributed by atoms with Gasteiger partial charge in [-0.05, 0) is 12.8 Å². The van der Waals surface area contributed by atoms with E-state index in [1.54, 1.807) is 0 Å². The molecule has 0 unspecified atom stereocenters. The Kier molecular flexibility index (Phi) is 4.06. The highest BCUT2D eigenvalue weighted by Crippen LogP contribution is 2.26. The Balaban J connectivity index is 2.03. The first kappa shape index (κ1) is 12.4. The van der Waals surface area contributed by atoms with Crippen molar-refractivity contribution in [2.24, 2.45) is 0 Å². The van der Waals surface area contributed by atoms with E-state index < -0.39 is 6.55 Å². The van der Waals surface area contributed by atoms with E-state index in [0.29, 0.717) is 25.0 Å². The molecule has 0 bridgehead atoms. The van der Waals surface area contributed by atoms with E-state index in [1.807, 2.05) is 4.90 Å². The van der Waals surface area contributed by atoms with Gasteiger partial charge in [0.25, 0.3) is 0 Å². The summed E-state index contributed by atoms with van der Waals surface area (Å²) in [5.41, 5.74) is 0. The van der Waals surface area contributed by atoms with Crippen molar-refractivity contribution in [3.63, 3.8) is 0 Å². The molecule has 1 fully saturated rings. The first-order valence-corrected chi connectivity index (χ1v) is 5.87. The van der Waals surface area contributed by atoms with Crippen LogP contribution in [0.5, 0.6) is 0 Å². The summed E-state index contributed by atoms with van der Waals surface area (Å²) in [6.45, 7) is -1.61. The van der Waals surface area contributed by atoms with Crippen LogP contribution in [0.1, 0.15) is 31.6 Å². The highest BCUT2D eigenvalue weighted by atomic mass is 19.3. The van der Waals surface area contributed by atoms with E-state index in [4.69, 9.17) is 5.11 Å². The average molecular weight is 245 g/mol. The maximum absolute atomic E-state index is 12.6. The lowest BCUT2D eigenvalue weighted by Gasteiger charge is -2.37. The van der Waals surface area contributed by atoms with Crippen molar-refractivity contribution in [3.05, 3.63) is 18.2 Å². The molecule has 0 amide bonds. The van der Waals surface area contributed by atoms with E-state index in [9.17, 15) is 8.78 Å². The van der Waals surface area contributed by atoms with Crippen LogP contribution in [0.2, 0.25) is 0 Å². The second-order valence-corrected chi connectivity index (χ2v) is 4.31. The van der Waals surface area contributed by atoms with Crippen LogP contribution in [0.15, 0.2) is 12.4 Å². The second kappa shape index (κ2) is 5.55. The molecule has 1 saturated carbocycles. The highest BCUT2D eigenvalue weighted by molar-refractivity contribution is 4.94. The van der Waals surface area contributed by atoms with Crippen molar-refractivity contribution in [3.8, 4) is 0 Å². The maximum Gasteiger partial charge on any atom is 0.319 e. The van der Waals surface area contributed by atoms with Crippen molar-refractivity contribution >= 4 is 0 Å². The molecule has 0 radical (unpaired) electrons. The molecule has 0 aromatic carbocycles. The van der Waals surface area contributed by atoms with Crippen molar-refractivity contribution in [1.82, 2.24) is 14.5 Å². The Hall–Kier alpha value is -1.01. The van der Waals surface area contributed by atoms with Crippen LogP contribution >= 0.6 is 0 Å². The zero-order chi connectivity index (χ0) is 12.3. The van der Waals surface area contributed by atoms with Gasteiger partial charge in [-0.1, -0.05) is 6.42 Å². The Morgan fingerprint density at radius 3 is 2.82 bits per heavy atom. The van der Waals surface area contributed by atoms with Crippen LogP contribution in [0.3, 0.4) is 0 Å². The number of halogens is 2. The molecule has 4 nitrogen and oxygen atoms in total. The summed E-state index contributed by atoms with van der Waals surface area (Å²) < 4.78 is 26.2. The Morgan fingerprint density at radius 1 is 1.53 bits per heavy atom. The van der Waals surface area contributed by atoms with Gasteiger partial charge >= 0.3 is 6.55 Å². The third-order valence-electron chi connectivity index (χ3n) is 3.28. The molecule has 2 rings (SSSR count). The minimum atomic E-state index is -2.55. The minimum absolute atomic E-state index is 0.0475. The summed E-state index contributed by atoms with van der Waals surface area (Å²) >= 11 is 0. The van der Waals surface area contributed by atoms with Crippen LogP contribution in [0.25, 0.3) is 0 Å². The third-order valence-corrected chi connectivity index (χ3v) is 3.28. The second-order valence-electron chi connectivity index (χ2n) is 4.31. The summed E-state index contributed by atoms with van der Waals surface area (Å²) in [5, 5.41) is 9.00. The lowest BCUT2D eigenvalue weighted by Crippen LogP contribution is -2.41. The van der Waals surface area contributed by atoms with E-state index >= 15 is 0 Å². The molecule has 0 aliphatic heterocycles. The normalized spacial score (nSPS) is 16.8. The van der Waals surface area contributed by atoms with Gasteiger partial charge in [0.2, 0.25) is 0 Å². The lowest BCUT2D eigenvalue weighted by molar-refractivity contribution is 0.0543. The van der Waals surface area contributed by atoms with Crippen molar-refractivity contribution in [1.29, 1.82) is 0 Å². The van der Waals surface area contributed by atoms with Crippen molar-refractivity contribution < 1.29 is 13.9 Å². The van der Waals surface area contributed by atoms with Crippen LogP contribution in [-0.2, 0) is 6.54 Å². The molecule has 1 aromatic rings. The summed E-state index contributed by atoms with van der Waals surface area (Å²) in [4.78, 5) is 5.99. The summed E-state index contributed by atoms with van der Waals surface area (Å²) in [7, 11) is 0. The zero-order valence-corrected chi connectivity index (χ0v) is 9.60. The number of aliphatic hydroxyl groups is 1. The monoisotopic (exact) mass is 245 g/mol. The number of imidazole rings is 1. The van der Waals surface area contributed by atoms with Gasteiger partial charge in [0.05, 0.1) is 13.2 Å². The summed E-state index contributed by atoms with van der Waals surface area (Å²) in [6, 6.07) is 0.407. The maximum atomic E-state index is 12.6. The lowest BCUT2D eigenvalue weighted by atomic mass is 9.91. The molecule has 0 atom stereocenters. The van der Waals surface area contributed by atoms with E-state index in [0.717, 1.165) is 17.4 Å². The number of hydrogen-bond acceptors (Lipinski definition) is 3. The quantitative estimate of drug-likeness (QED) is 0.828. The van der Waals surface area contributed by atoms with E-state index in [1.165, 1.54) is 18.8 Å². The van der Waals surface area contributed by atoms with Crippen molar-refractivity contribution in [2.45, 2.75) is 38.4 Å². The Bertz CT molecular complexity index is 352. The van der Waals surface area contributed by atoms with E-state index in [2.05, 4.69) is 4.98 Å². The van der Waals surface area contributed by atoms with Crippen molar-refractivity contribution in [2.75, 3.05) is 13.2 Å². The van der Waals surface area contributed by atoms with Gasteiger partial charge in [-0.2, -0.15) is 8.78 Å². The van der Waals surface area contributed by atoms with Crippen LogP contribution in [0.4, 0.5) is 8.78 Å². The van der Waals surface area contributed by atoms with Gasteiger partial charge in [0, 0.05) is 25.0 Å². The number of hydrogen-bond donors (Lipinski definition) is 1. The predicted octanol–water partition coefficient (Wildman–Crippen LogP) is 1.62. The zero-order valence-electron chi connectivity index (χ0n) is 9.60. The number of aliphatic hydroxyl groups excluding tert-OH is 1. The fourth-order valence-corrected chi connectivity index (χ4v) is 2.10. The molecule has 17 heavy (non-hydrogen) atoms. The van der Waals surface area contributed by atoms with Gasteiger partial charge in [0.1, 0.15) is 5.82 Å². The standard InChI is InChI=1S/C11H17F2N3O/c12-11(13)16-5-4-14-10(16)8-15(6-7-17)9-2-1-3-9/h4-5,9,11,17H,1-3,6-8H2. The minimum Gasteiger partial charge on any atom is -0.395 e. The smallest absolute Gasteiger partial charge is 0.319 e. The summed E-state index contributed by atoms with van der Waals surface area (Å²) in [5.74, 6) is 0.361.